The predicted molar refractivity (Wildman–Crippen MR) is 68.7 cm³/mol. The van der Waals surface area contributed by atoms with Crippen molar-refractivity contribution in [2.45, 2.75) is 6.92 Å². The van der Waals surface area contributed by atoms with Crippen molar-refractivity contribution in [3.8, 4) is 5.75 Å². The Hall–Kier alpha value is -2.50. The molecule has 0 radical (unpaired) electrons. The molecule has 0 fully saturated rings. The first-order chi connectivity index (χ1) is 8.61. The number of nitrogens with zero attached hydrogens (tertiary/aromatic N) is 1. The van der Waals surface area contributed by atoms with Crippen LogP contribution in [-0.2, 0) is 0 Å². The summed E-state index contributed by atoms with van der Waals surface area (Å²) < 4.78 is 5.02. The molecule has 0 aliphatic heterocycles. The third-order valence-electron chi connectivity index (χ3n) is 2.58. The van der Waals surface area contributed by atoms with Crippen molar-refractivity contribution in [2.75, 3.05) is 18.2 Å². The first kappa shape index (κ1) is 12.0. The van der Waals surface area contributed by atoms with Gasteiger partial charge in [-0.2, -0.15) is 5.10 Å². The van der Waals surface area contributed by atoms with E-state index in [1.807, 2.05) is 0 Å². The number of nitrogens with one attached hydrogen (secondary N) is 2. The lowest BCUT2D eigenvalue weighted by Gasteiger charge is -2.04. The van der Waals surface area contributed by atoms with Gasteiger partial charge in [0.15, 0.2) is 5.82 Å². The average Bonchev–Trinajstić information content (AvgIpc) is 2.71. The van der Waals surface area contributed by atoms with Gasteiger partial charge >= 0.3 is 0 Å². The Labute approximate surface area is 104 Å². The molecule has 94 valence electrons. The van der Waals surface area contributed by atoms with E-state index in [0.29, 0.717) is 22.8 Å². The molecular formula is C12H14N4O2. The Morgan fingerprint density at radius 3 is 2.56 bits per heavy atom. The molecule has 0 atom stereocenters. The number of nitrogen functional groups attached to an aromatic ring is 1. The van der Waals surface area contributed by atoms with Gasteiger partial charge in [0, 0.05) is 5.56 Å². The van der Waals surface area contributed by atoms with Crippen molar-refractivity contribution in [1.82, 2.24) is 10.2 Å². The number of benzene rings is 1. The number of amides is 1. The topological polar surface area (TPSA) is 93.0 Å². The van der Waals surface area contributed by atoms with Gasteiger partial charge in [0.25, 0.3) is 5.91 Å². The van der Waals surface area contributed by atoms with Crippen LogP contribution in [0.4, 0.5) is 11.5 Å². The van der Waals surface area contributed by atoms with Crippen molar-refractivity contribution in [2.24, 2.45) is 0 Å². The Morgan fingerprint density at radius 2 is 2.06 bits per heavy atom. The van der Waals surface area contributed by atoms with Crippen molar-refractivity contribution in [3.63, 3.8) is 0 Å². The molecule has 2 rings (SSSR count). The van der Waals surface area contributed by atoms with E-state index < -0.39 is 0 Å². The summed E-state index contributed by atoms with van der Waals surface area (Å²) >= 11 is 0. The summed E-state index contributed by atoms with van der Waals surface area (Å²) in [4.78, 5) is 11.9. The van der Waals surface area contributed by atoms with Gasteiger partial charge < -0.3 is 15.8 Å². The summed E-state index contributed by atoms with van der Waals surface area (Å²) in [6, 6.07) is 6.77. The molecule has 0 saturated heterocycles. The number of anilines is 2. The third-order valence-corrected chi connectivity index (χ3v) is 2.58. The fraction of sp³-hybridized carbons (Fsp3) is 0.167. The van der Waals surface area contributed by atoms with Crippen molar-refractivity contribution in [1.29, 1.82) is 0 Å². The number of hydrogen-bond acceptors (Lipinski definition) is 4. The molecule has 0 spiro atoms. The van der Waals surface area contributed by atoms with Crippen LogP contribution in [0.3, 0.4) is 0 Å². The van der Waals surface area contributed by atoms with Crippen molar-refractivity contribution in [3.05, 3.63) is 35.5 Å². The molecule has 0 unspecified atom stereocenters. The lowest BCUT2D eigenvalue weighted by Crippen LogP contribution is -2.13. The minimum atomic E-state index is -0.268. The van der Waals surface area contributed by atoms with E-state index in [4.69, 9.17) is 10.5 Å². The highest BCUT2D eigenvalue weighted by atomic mass is 16.5. The van der Waals surface area contributed by atoms with Crippen LogP contribution in [0.1, 0.15) is 16.1 Å². The molecule has 0 aliphatic carbocycles. The number of methoxy groups -OCH3 is 1. The number of carbonyl (C=O) groups excluding carboxylic acids is 1. The standard InChI is InChI=1S/C12H14N4O2/c1-7-10(13)11(16-15-7)14-12(17)8-3-5-9(18-2)6-4-8/h3-6H,13H2,1-2H3,(H2,14,15,16,17). The number of hydrogen-bond donors (Lipinski definition) is 3. The highest BCUT2D eigenvalue weighted by Crippen LogP contribution is 2.19. The molecular weight excluding hydrogens is 232 g/mol. The zero-order chi connectivity index (χ0) is 13.1. The largest absolute Gasteiger partial charge is 0.497 e. The molecule has 1 heterocycles. The molecule has 0 saturated carbocycles. The molecule has 6 heteroatoms. The molecule has 0 bridgehead atoms. The number of rotatable bonds is 3. The van der Waals surface area contributed by atoms with E-state index in [2.05, 4.69) is 15.5 Å². The SMILES string of the molecule is COc1ccc(C(=O)Nc2n[nH]c(C)c2N)cc1. The summed E-state index contributed by atoms with van der Waals surface area (Å²) in [6.45, 7) is 1.78. The van der Waals surface area contributed by atoms with E-state index in [1.54, 1.807) is 38.3 Å². The molecule has 6 nitrogen and oxygen atoms in total. The second kappa shape index (κ2) is 4.79. The van der Waals surface area contributed by atoms with Crippen LogP contribution in [-0.4, -0.2) is 23.2 Å². The lowest BCUT2D eigenvalue weighted by atomic mass is 10.2. The van der Waals surface area contributed by atoms with Crippen LogP contribution in [0.2, 0.25) is 0 Å². The quantitative estimate of drug-likeness (QED) is 0.766. The number of ether oxygens (including phenoxy) is 1. The van der Waals surface area contributed by atoms with Crippen LogP contribution in [0.15, 0.2) is 24.3 Å². The van der Waals surface area contributed by atoms with Gasteiger partial charge in [-0.1, -0.05) is 0 Å². The Bertz CT molecular complexity index is 560. The van der Waals surface area contributed by atoms with Crippen LogP contribution < -0.4 is 15.8 Å². The van der Waals surface area contributed by atoms with Gasteiger partial charge in [-0.15, -0.1) is 0 Å². The van der Waals surface area contributed by atoms with E-state index in [0.717, 1.165) is 5.69 Å². The zero-order valence-electron chi connectivity index (χ0n) is 10.2. The summed E-state index contributed by atoms with van der Waals surface area (Å²) in [5.41, 5.74) is 7.42. The van der Waals surface area contributed by atoms with Crippen LogP contribution in [0.25, 0.3) is 0 Å². The number of H-pyrrole nitrogens is 1. The van der Waals surface area contributed by atoms with E-state index >= 15 is 0 Å². The maximum atomic E-state index is 11.9. The summed E-state index contributed by atoms with van der Waals surface area (Å²) in [5.74, 6) is 0.769. The summed E-state index contributed by atoms with van der Waals surface area (Å²) in [5, 5.41) is 9.25. The lowest BCUT2D eigenvalue weighted by molar-refractivity contribution is 0.102. The molecule has 4 N–H and O–H groups in total. The Balaban J connectivity index is 2.14. The molecule has 1 amide bonds. The number of carbonyl (C=O) groups is 1. The minimum Gasteiger partial charge on any atom is -0.497 e. The maximum absolute atomic E-state index is 11.9. The molecule has 1 aromatic heterocycles. The van der Waals surface area contributed by atoms with Gasteiger partial charge in [-0.25, -0.2) is 0 Å². The van der Waals surface area contributed by atoms with Gasteiger partial charge in [-0.3, -0.25) is 9.89 Å². The highest BCUT2D eigenvalue weighted by molar-refractivity contribution is 6.05. The first-order valence-electron chi connectivity index (χ1n) is 5.37. The monoisotopic (exact) mass is 246 g/mol. The van der Waals surface area contributed by atoms with Crippen molar-refractivity contribution < 1.29 is 9.53 Å². The third kappa shape index (κ3) is 2.27. The molecule has 0 aliphatic rings. The highest BCUT2D eigenvalue weighted by Gasteiger charge is 2.11. The smallest absolute Gasteiger partial charge is 0.256 e. The molecule has 1 aromatic carbocycles. The summed E-state index contributed by atoms with van der Waals surface area (Å²) in [7, 11) is 1.57. The number of nitrogens with two attached hydrogens (primary N) is 1. The number of aryl methyl sites for hydroxylation is 1. The van der Waals surface area contributed by atoms with E-state index in [-0.39, 0.29) is 5.91 Å². The molecule has 18 heavy (non-hydrogen) atoms. The Kier molecular flexibility index (Phi) is 3.18. The van der Waals surface area contributed by atoms with E-state index in [1.165, 1.54) is 0 Å². The van der Waals surface area contributed by atoms with Crippen LogP contribution >= 0.6 is 0 Å². The van der Waals surface area contributed by atoms with Gasteiger partial charge in [-0.05, 0) is 31.2 Å². The van der Waals surface area contributed by atoms with Crippen molar-refractivity contribution >= 4 is 17.4 Å². The fourth-order valence-corrected chi connectivity index (χ4v) is 1.46. The van der Waals surface area contributed by atoms with Crippen LogP contribution in [0, 0.1) is 6.92 Å². The van der Waals surface area contributed by atoms with Gasteiger partial charge in [0.1, 0.15) is 5.75 Å². The normalized spacial score (nSPS) is 10.1. The second-order valence-corrected chi connectivity index (χ2v) is 3.79. The maximum Gasteiger partial charge on any atom is 0.256 e. The first-order valence-corrected chi connectivity index (χ1v) is 5.37. The fourth-order valence-electron chi connectivity index (χ4n) is 1.46. The summed E-state index contributed by atoms with van der Waals surface area (Å²) in [6.07, 6.45) is 0. The second-order valence-electron chi connectivity index (χ2n) is 3.79. The number of aromatic nitrogens is 2. The number of aromatic amines is 1. The Morgan fingerprint density at radius 1 is 1.39 bits per heavy atom. The average molecular weight is 246 g/mol. The minimum absolute atomic E-state index is 0.268. The van der Waals surface area contributed by atoms with Gasteiger partial charge in [0.2, 0.25) is 0 Å². The predicted octanol–water partition coefficient (Wildman–Crippen LogP) is 1.56. The zero-order valence-corrected chi connectivity index (χ0v) is 10.2. The molecule has 2 aromatic rings. The van der Waals surface area contributed by atoms with E-state index in [9.17, 15) is 4.79 Å². The van der Waals surface area contributed by atoms with Crippen LogP contribution in [0.5, 0.6) is 5.75 Å². The van der Waals surface area contributed by atoms with Gasteiger partial charge in [0.05, 0.1) is 18.5 Å².